The Morgan fingerprint density at radius 2 is 1.18 bits per heavy atom. The van der Waals surface area contributed by atoms with Crippen LogP contribution >= 0.6 is 46.4 Å². The monoisotopic (exact) mass is 344 g/mol. The molecule has 0 aromatic carbocycles. The molecule has 0 aromatic heterocycles. The highest BCUT2D eigenvalue weighted by Crippen LogP contribution is 2.04. The van der Waals surface area contributed by atoms with E-state index in [4.69, 9.17) is 55.3 Å². The van der Waals surface area contributed by atoms with Gasteiger partial charge in [0.2, 0.25) is 0 Å². The van der Waals surface area contributed by atoms with Crippen molar-refractivity contribution in [2.24, 2.45) is 0 Å². The van der Waals surface area contributed by atoms with Crippen LogP contribution in [0.15, 0.2) is 0 Å². The number of alkyl halides is 4. The van der Waals surface area contributed by atoms with Crippen LogP contribution in [0.5, 0.6) is 0 Å². The molecule has 0 atom stereocenters. The van der Waals surface area contributed by atoms with Gasteiger partial charge in [-0.05, 0) is 33.9 Å². The van der Waals surface area contributed by atoms with E-state index in [0.717, 1.165) is 13.2 Å². The third-order valence-electron chi connectivity index (χ3n) is 1.06. The van der Waals surface area contributed by atoms with E-state index in [-0.39, 0.29) is 4.84 Å². The van der Waals surface area contributed by atoms with Gasteiger partial charge in [-0.15, -0.1) is 46.4 Å². The summed E-state index contributed by atoms with van der Waals surface area (Å²) in [5.41, 5.74) is 0. The zero-order chi connectivity index (χ0) is 14.3. The second-order valence-electron chi connectivity index (χ2n) is 3.16. The smallest absolute Gasteiger partial charge is 0.331 e. The lowest BCUT2D eigenvalue weighted by molar-refractivity contribution is 0.196. The normalized spacial score (nSPS) is 10.2. The van der Waals surface area contributed by atoms with Crippen LogP contribution in [0, 0.1) is 0 Å². The molecular weight excluding hydrogens is 322 g/mol. The summed E-state index contributed by atoms with van der Waals surface area (Å²) in [4.78, 5) is -0.222. The first kappa shape index (κ1) is 23.4. The zero-order valence-electron chi connectivity index (χ0n) is 11.2. The van der Waals surface area contributed by atoms with E-state index < -0.39 is 8.56 Å². The lowest BCUT2D eigenvalue weighted by Gasteiger charge is -2.20. The van der Waals surface area contributed by atoms with Crippen molar-refractivity contribution < 1.29 is 8.85 Å². The molecule has 0 radical (unpaired) electrons. The summed E-state index contributed by atoms with van der Waals surface area (Å²) in [6.45, 7) is 11.3. The average molecular weight is 346 g/mol. The van der Waals surface area contributed by atoms with Gasteiger partial charge in [0, 0.05) is 25.0 Å². The molecule has 108 valence electrons. The molecule has 0 heterocycles. The molecule has 0 N–H and O–H groups in total. The summed E-state index contributed by atoms with van der Waals surface area (Å²) in [6, 6.07) is 0. The van der Waals surface area contributed by atoms with Gasteiger partial charge in [-0.1, -0.05) is 0 Å². The van der Waals surface area contributed by atoms with Crippen LogP contribution in [0.2, 0.25) is 13.1 Å². The summed E-state index contributed by atoms with van der Waals surface area (Å²) < 4.78 is 10.8. The molecule has 0 rings (SSSR count). The van der Waals surface area contributed by atoms with Gasteiger partial charge in [0.05, 0.1) is 0 Å². The van der Waals surface area contributed by atoms with E-state index in [1.54, 1.807) is 6.92 Å². The molecule has 0 aromatic rings. The van der Waals surface area contributed by atoms with E-state index in [9.17, 15) is 0 Å². The number of hydrogen-bond donors (Lipinski definition) is 0. The molecule has 2 nitrogen and oxygen atoms in total. The lowest BCUT2D eigenvalue weighted by atomic mass is 10.9. The molecule has 7 heteroatoms. The van der Waals surface area contributed by atoms with Gasteiger partial charge in [0.15, 0.2) is 0 Å². The Kier molecular flexibility index (Phi) is 23.8. The Morgan fingerprint density at radius 1 is 0.941 bits per heavy atom. The predicted molar refractivity (Wildman–Crippen MR) is 83.3 cm³/mol. The van der Waals surface area contributed by atoms with Gasteiger partial charge in [-0.3, -0.25) is 0 Å². The minimum atomic E-state index is -1.70. The number of hydrogen-bond acceptors (Lipinski definition) is 2. The van der Waals surface area contributed by atoms with Crippen LogP contribution in [-0.2, 0) is 8.85 Å². The number of halogens is 4. The average Bonchev–Trinajstić information content (AvgIpc) is 2.17. The maximum absolute atomic E-state index is 5.39. The van der Waals surface area contributed by atoms with Gasteiger partial charge in [0.25, 0.3) is 0 Å². The highest BCUT2D eigenvalue weighted by atomic mass is 35.5. The zero-order valence-corrected chi connectivity index (χ0v) is 15.3. The van der Waals surface area contributed by atoms with Crippen LogP contribution in [0.3, 0.4) is 0 Å². The highest BCUT2D eigenvalue weighted by molar-refractivity contribution is 6.64. The Balaban J connectivity index is -0.000000205. The van der Waals surface area contributed by atoms with Crippen molar-refractivity contribution in [1.82, 2.24) is 0 Å². The van der Waals surface area contributed by atoms with Crippen molar-refractivity contribution in [2.75, 3.05) is 25.0 Å². The van der Waals surface area contributed by atoms with Crippen LogP contribution in [0.1, 0.15) is 20.8 Å². The molecule has 0 aliphatic rings. The largest absolute Gasteiger partial charge is 0.395 e. The highest BCUT2D eigenvalue weighted by Gasteiger charge is 2.22. The Morgan fingerprint density at radius 3 is 1.29 bits per heavy atom. The van der Waals surface area contributed by atoms with Crippen molar-refractivity contribution in [2.45, 2.75) is 38.7 Å². The van der Waals surface area contributed by atoms with E-state index >= 15 is 0 Å². The molecule has 0 saturated heterocycles. The Hall–Kier alpha value is 1.30. The number of rotatable bonds is 5. The molecule has 0 bridgehead atoms. The second kappa shape index (κ2) is 17.3. The van der Waals surface area contributed by atoms with Crippen molar-refractivity contribution in [1.29, 1.82) is 0 Å². The van der Waals surface area contributed by atoms with E-state index in [1.165, 1.54) is 0 Å². The molecule has 0 saturated carbocycles. The maximum atomic E-state index is 5.39. The van der Waals surface area contributed by atoms with Crippen molar-refractivity contribution in [3.8, 4) is 0 Å². The summed E-state index contributed by atoms with van der Waals surface area (Å²) >= 11 is 20.2. The topological polar surface area (TPSA) is 18.5 Å². The first-order valence-corrected chi connectivity index (χ1v) is 10.2. The quantitative estimate of drug-likeness (QED) is 0.513. The second-order valence-corrected chi connectivity index (χ2v) is 8.83. The summed E-state index contributed by atoms with van der Waals surface area (Å²) in [5, 5.41) is 0. The third-order valence-corrected chi connectivity index (χ3v) is 3.59. The lowest BCUT2D eigenvalue weighted by Crippen LogP contribution is -2.34. The van der Waals surface area contributed by atoms with E-state index in [2.05, 4.69) is 13.1 Å². The fourth-order valence-electron chi connectivity index (χ4n) is 0.737. The molecule has 0 fully saturated rings. The van der Waals surface area contributed by atoms with Gasteiger partial charge in [-0.25, -0.2) is 0 Å². The first-order chi connectivity index (χ1) is 7.77. The predicted octanol–water partition coefficient (Wildman–Crippen LogP) is 5.04. The van der Waals surface area contributed by atoms with Crippen LogP contribution in [0.4, 0.5) is 0 Å². The SMILES string of the molecule is CC(Cl)Cl.CCO[Si](C)(C)OCC.ClCCCl. The van der Waals surface area contributed by atoms with E-state index in [1.807, 2.05) is 13.8 Å². The standard InChI is InChI=1S/C6H16O2Si.2C2H4Cl2/c1-5-7-9(3,4)8-6-2;1-2(3)4;3-1-2-4/h5-6H2,1-4H3;2H,1H3;1-2H2. The fraction of sp³-hybridized carbons (Fsp3) is 1.00. The van der Waals surface area contributed by atoms with Gasteiger partial charge in [-0.2, -0.15) is 0 Å². The molecule has 0 spiro atoms. The molecule has 0 aliphatic heterocycles. The Labute approximate surface area is 127 Å². The fourth-order valence-corrected chi connectivity index (χ4v) is 2.21. The van der Waals surface area contributed by atoms with Gasteiger partial charge in [0.1, 0.15) is 4.84 Å². The summed E-state index contributed by atoms with van der Waals surface area (Å²) in [5.74, 6) is 1.11. The molecule has 0 unspecified atom stereocenters. The maximum Gasteiger partial charge on any atom is 0.331 e. The van der Waals surface area contributed by atoms with Gasteiger partial charge < -0.3 is 8.85 Å². The van der Waals surface area contributed by atoms with Crippen molar-refractivity contribution in [3.05, 3.63) is 0 Å². The van der Waals surface area contributed by atoms with Crippen molar-refractivity contribution in [3.63, 3.8) is 0 Å². The van der Waals surface area contributed by atoms with Crippen LogP contribution < -0.4 is 0 Å². The Bertz CT molecular complexity index is 125. The summed E-state index contributed by atoms with van der Waals surface area (Å²) in [6.07, 6.45) is 0. The third kappa shape index (κ3) is 38.2. The summed E-state index contributed by atoms with van der Waals surface area (Å²) in [7, 11) is -1.70. The van der Waals surface area contributed by atoms with Gasteiger partial charge >= 0.3 is 8.56 Å². The van der Waals surface area contributed by atoms with Crippen LogP contribution in [-0.4, -0.2) is 38.4 Å². The molecule has 17 heavy (non-hydrogen) atoms. The van der Waals surface area contributed by atoms with Crippen molar-refractivity contribution >= 4 is 55.0 Å². The van der Waals surface area contributed by atoms with E-state index in [0.29, 0.717) is 11.8 Å². The molecule has 0 amide bonds. The molecule has 0 aliphatic carbocycles. The van der Waals surface area contributed by atoms with Crippen LogP contribution in [0.25, 0.3) is 0 Å². The first-order valence-electron chi connectivity index (χ1n) is 5.45. The molecular formula is C10H24Cl4O2Si. The minimum Gasteiger partial charge on any atom is -0.395 e. The minimum absolute atomic E-state index is 0.222.